The molecule has 4 heteroatoms. The smallest absolute Gasteiger partial charge is 0.124 e. The Morgan fingerprint density at radius 3 is 1.12 bits per heavy atom. The maximum Gasteiger partial charge on any atom is 0.124 e. The van der Waals surface area contributed by atoms with Crippen LogP contribution in [0.15, 0.2) is 48.5 Å². The van der Waals surface area contributed by atoms with Gasteiger partial charge in [0.15, 0.2) is 0 Å². The van der Waals surface area contributed by atoms with E-state index in [0.717, 1.165) is 0 Å². The summed E-state index contributed by atoms with van der Waals surface area (Å²) in [6.07, 6.45) is 0. The summed E-state index contributed by atoms with van der Waals surface area (Å²) in [5, 5.41) is 3.08. The molecule has 0 amide bonds. The second-order valence-corrected chi connectivity index (χ2v) is 19.7. The first kappa shape index (κ1) is 17.9. The van der Waals surface area contributed by atoms with E-state index in [2.05, 4.69) is 88.6 Å². The van der Waals surface area contributed by atoms with E-state index in [-0.39, 0.29) is 0 Å². The molecule has 0 N–H and O–H groups in total. The van der Waals surface area contributed by atoms with Crippen LogP contribution < -0.4 is 19.4 Å². The normalized spacial score (nSPS) is 12.6. The van der Waals surface area contributed by atoms with Crippen LogP contribution in [0.1, 0.15) is 9.75 Å². The van der Waals surface area contributed by atoms with Crippen molar-refractivity contribution in [1.29, 1.82) is 0 Å². The molecule has 24 heavy (non-hydrogen) atoms. The number of hydrogen-bond acceptors (Lipinski definition) is 2. The molecule has 2 aromatic heterocycles. The summed E-state index contributed by atoms with van der Waals surface area (Å²) in [6, 6.07) is 18.8. The minimum Gasteiger partial charge on any atom is -0.150 e. The fraction of sp³-hybridized carbons (Fsp3) is 0.300. The minimum atomic E-state index is -1.56. The van der Waals surface area contributed by atoms with Gasteiger partial charge in [-0.15, -0.1) is 22.7 Å². The van der Waals surface area contributed by atoms with Crippen molar-refractivity contribution in [3.63, 3.8) is 0 Å². The first-order valence-electron chi connectivity index (χ1n) is 8.46. The van der Waals surface area contributed by atoms with Crippen LogP contribution in [0, 0.1) is 13.8 Å². The minimum absolute atomic E-state index is 1.42. The van der Waals surface area contributed by atoms with E-state index in [0.29, 0.717) is 0 Å². The Morgan fingerprint density at radius 1 is 0.542 bits per heavy atom. The van der Waals surface area contributed by atoms with Crippen molar-refractivity contribution < 1.29 is 0 Å². The third-order valence-electron chi connectivity index (χ3n) is 5.04. The van der Waals surface area contributed by atoms with Crippen molar-refractivity contribution in [2.75, 3.05) is 0 Å². The van der Waals surface area contributed by atoms with E-state index in [1.807, 2.05) is 22.7 Å². The summed E-state index contributed by atoms with van der Waals surface area (Å²) in [4.78, 5) is 2.84. The van der Waals surface area contributed by atoms with Gasteiger partial charge in [0, 0.05) is 9.75 Å². The third-order valence-corrected chi connectivity index (χ3v) is 16.7. The van der Waals surface area contributed by atoms with Crippen LogP contribution in [-0.2, 0) is 0 Å². The molecular formula is C20H26S2Si2. The van der Waals surface area contributed by atoms with Gasteiger partial charge >= 0.3 is 0 Å². The Balaban J connectivity index is 1.93. The lowest BCUT2D eigenvalue weighted by atomic mass is 10.4. The van der Waals surface area contributed by atoms with Crippen LogP contribution >= 0.6 is 22.7 Å². The fourth-order valence-corrected chi connectivity index (χ4v) is 11.7. The van der Waals surface area contributed by atoms with Crippen LogP contribution in [0.4, 0.5) is 0 Å². The van der Waals surface area contributed by atoms with Gasteiger partial charge in [-0.25, -0.2) is 0 Å². The largest absolute Gasteiger partial charge is 0.150 e. The van der Waals surface area contributed by atoms with Crippen LogP contribution in [0.3, 0.4) is 0 Å². The van der Waals surface area contributed by atoms with Gasteiger partial charge in [0.05, 0.1) is 0 Å². The van der Waals surface area contributed by atoms with E-state index in [1.54, 1.807) is 19.4 Å². The average Bonchev–Trinajstić information content (AvgIpc) is 3.16. The molecule has 0 radical (unpaired) electrons. The van der Waals surface area contributed by atoms with Gasteiger partial charge in [0.25, 0.3) is 0 Å². The number of rotatable bonds is 4. The zero-order valence-electron chi connectivity index (χ0n) is 15.4. The van der Waals surface area contributed by atoms with Crippen LogP contribution in [0.5, 0.6) is 0 Å². The zero-order valence-corrected chi connectivity index (χ0v) is 19.1. The van der Waals surface area contributed by atoms with E-state index < -0.39 is 16.1 Å². The molecule has 0 unspecified atom stereocenters. The molecule has 1 aromatic carbocycles. The maximum absolute atomic E-state index is 2.47. The van der Waals surface area contributed by atoms with E-state index in [9.17, 15) is 0 Å². The number of thiophene rings is 2. The molecule has 0 aliphatic heterocycles. The van der Waals surface area contributed by atoms with Gasteiger partial charge in [-0.2, -0.15) is 0 Å². The lowest BCUT2D eigenvalue weighted by Crippen LogP contribution is -2.54. The molecule has 0 spiro atoms. The number of benzene rings is 1. The summed E-state index contributed by atoms with van der Waals surface area (Å²) in [5.41, 5.74) is 0. The molecule has 0 saturated carbocycles. The average molecular weight is 387 g/mol. The molecule has 0 nitrogen and oxygen atoms in total. The van der Waals surface area contributed by atoms with Gasteiger partial charge in [0.1, 0.15) is 16.1 Å². The Kier molecular flexibility index (Phi) is 4.77. The van der Waals surface area contributed by atoms with Crippen molar-refractivity contribution in [3.05, 3.63) is 58.3 Å². The fourth-order valence-electron chi connectivity index (χ4n) is 3.13. The predicted molar refractivity (Wildman–Crippen MR) is 118 cm³/mol. The Bertz CT molecular complexity index is 767. The van der Waals surface area contributed by atoms with Crippen molar-refractivity contribution in [1.82, 2.24) is 0 Å². The highest BCUT2D eigenvalue weighted by molar-refractivity contribution is 7.29. The summed E-state index contributed by atoms with van der Waals surface area (Å²) in [5.74, 6) is 0. The molecule has 126 valence electrons. The maximum atomic E-state index is 2.47. The van der Waals surface area contributed by atoms with Crippen LogP contribution in [0.2, 0.25) is 26.2 Å². The molecule has 0 aliphatic rings. The van der Waals surface area contributed by atoms with E-state index in [1.165, 1.54) is 9.75 Å². The van der Waals surface area contributed by atoms with Gasteiger partial charge in [-0.05, 0) is 35.0 Å². The number of aryl methyl sites for hydroxylation is 2. The standard InChI is InChI=1S/C20H26S2Si2/c1-15-7-13-19(21-15)23(3,4)17-9-11-18(12-10-17)24(5,6)20-14-8-16(2)22-20/h7-14H,1-6H3. The molecule has 0 bridgehead atoms. The molecule has 0 fully saturated rings. The molecule has 0 atom stereocenters. The molecule has 3 aromatic rings. The van der Waals surface area contributed by atoms with Crippen molar-refractivity contribution in [2.24, 2.45) is 0 Å². The second-order valence-electron chi connectivity index (χ2n) is 7.65. The third kappa shape index (κ3) is 3.25. The zero-order chi connectivity index (χ0) is 17.5. The molecule has 2 heterocycles. The SMILES string of the molecule is Cc1ccc([Si](C)(C)c2ccc([Si](C)(C)c3ccc(C)s3)cc2)s1. The highest BCUT2D eigenvalue weighted by atomic mass is 32.1. The monoisotopic (exact) mass is 386 g/mol. The van der Waals surface area contributed by atoms with Gasteiger partial charge in [-0.3, -0.25) is 0 Å². The lowest BCUT2D eigenvalue weighted by molar-refractivity contribution is 1.64. The van der Waals surface area contributed by atoms with Gasteiger partial charge in [-0.1, -0.05) is 73.0 Å². The Morgan fingerprint density at radius 2 is 0.875 bits per heavy atom. The van der Waals surface area contributed by atoms with Crippen LogP contribution in [-0.4, -0.2) is 16.1 Å². The lowest BCUT2D eigenvalue weighted by Gasteiger charge is -2.25. The summed E-state index contributed by atoms with van der Waals surface area (Å²) in [7, 11) is -3.11. The van der Waals surface area contributed by atoms with Crippen LogP contribution in [0.25, 0.3) is 0 Å². The highest BCUT2D eigenvalue weighted by Crippen LogP contribution is 2.15. The Labute approximate surface area is 156 Å². The molecule has 3 rings (SSSR count). The van der Waals surface area contributed by atoms with Crippen molar-refractivity contribution in [2.45, 2.75) is 40.0 Å². The highest BCUT2D eigenvalue weighted by Gasteiger charge is 2.30. The topological polar surface area (TPSA) is 0 Å². The Hall–Kier alpha value is -0.946. The molecular weight excluding hydrogens is 361 g/mol. The quantitative estimate of drug-likeness (QED) is 0.593. The predicted octanol–water partition coefficient (Wildman–Crippen LogP) is 4.07. The first-order chi connectivity index (χ1) is 11.2. The second kappa shape index (κ2) is 6.41. The first-order valence-corrected chi connectivity index (χ1v) is 16.1. The van der Waals surface area contributed by atoms with E-state index in [4.69, 9.17) is 0 Å². The number of hydrogen-bond donors (Lipinski definition) is 0. The summed E-state index contributed by atoms with van der Waals surface area (Å²) in [6.45, 7) is 14.3. The van der Waals surface area contributed by atoms with Gasteiger partial charge < -0.3 is 0 Å². The molecule has 0 aliphatic carbocycles. The van der Waals surface area contributed by atoms with Crippen molar-refractivity contribution >= 4 is 58.2 Å². The summed E-state index contributed by atoms with van der Waals surface area (Å²) >= 11 is 3.94. The van der Waals surface area contributed by atoms with E-state index >= 15 is 0 Å². The summed E-state index contributed by atoms with van der Waals surface area (Å²) < 4.78 is 3.16. The van der Waals surface area contributed by atoms with Crippen molar-refractivity contribution in [3.8, 4) is 0 Å². The molecule has 0 saturated heterocycles. The van der Waals surface area contributed by atoms with Gasteiger partial charge in [0.2, 0.25) is 0 Å².